The molecule has 0 spiro atoms. The molecule has 7 aromatic carbocycles. The second-order valence-corrected chi connectivity index (χ2v) is 13.0. The van der Waals surface area contributed by atoms with Crippen LogP contribution in [0.4, 0.5) is 0 Å². The first-order valence-corrected chi connectivity index (χ1v) is 15.7. The van der Waals surface area contributed by atoms with Gasteiger partial charge in [-0.25, -0.2) is 0 Å². The van der Waals surface area contributed by atoms with E-state index in [-0.39, 0.29) is 6.71 Å². The molecule has 0 fully saturated rings. The van der Waals surface area contributed by atoms with E-state index in [9.17, 15) is 0 Å². The van der Waals surface area contributed by atoms with Gasteiger partial charge in [0.2, 0.25) is 6.71 Å². The van der Waals surface area contributed by atoms with Crippen LogP contribution in [-0.4, -0.2) is 6.71 Å². The zero-order chi connectivity index (χ0) is 26.9. The quantitative estimate of drug-likeness (QED) is 0.155. The number of hydrogen-bond acceptors (Lipinski definition) is 2. The Morgan fingerprint density at radius 3 is 1.54 bits per heavy atom. The third-order valence-electron chi connectivity index (χ3n) is 8.59. The Hall–Kier alpha value is -4.18. The zero-order valence-corrected chi connectivity index (χ0v) is 23.8. The van der Waals surface area contributed by atoms with E-state index in [1.165, 1.54) is 79.8 Å². The molecular weight excluding hydrogens is 531 g/mol. The number of hydrogen-bond donors (Lipinski definition) is 0. The van der Waals surface area contributed by atoms with Gasteiger partial charge in [0.15, 0.2) is 0 Å². The summed E-state index contributed by atoms with van der Waals surface area (Å²) in [6.45, 7) is 0.246. The molecule has 0 saturated carbocycles. The molecule has 0 unspecified atom stereocenters. The van der Waals surface area contributed by atoms with Crippen LogP contribution in [0.2, 0.25) is 0 Å². The SMILES string of the molecule is c1ccc(-c2c3ccccc3c(-c3ccc4c(c3)B3c5ccccc5Sc5cccc(c53)S4)c3ccccc23)cc1. The maximum atomic E-state index is 2.50. The largest absolute Gasteiger partial charge is 0.247 e. The van der Waals surface area contributed by atoms with Crippen LogP contribution in [-0.2, 0) is 0 Å². The van der Waals surface area contributed by atoms with Gasteiger partial charge < -0.3 is 0 Å². The normalized spacial score (nSPS) is 13.1. The van der Waals surface area contributed by atoms with Crippen LogP contribution in [0.1, 0.15) is 0 Å². The Labute approximate surface area is 248 Å². The average molecular weight is 555 g/mol. The highest BCUT2D eigenvalue weighted by molar-refractivity contribution is 8.01. The van der Waals surface area contributed by atoms with Gasteiger partial charge in [-0.15, -0.1) is 0 Å². The molecule has 0 saturated heterocycles. The number of fused-ring (bicyclic) bond motifs is 6. The molecular formula is C38H23BS2. The smallest absolute Gasteiger partial charge is 0.0911 e. The van der Waals surface area contributed by atoms with Gasteiger partial charge in [-0.2, -0.15) is 0 Å². The Morgan fingerprint density at radius 2 is 0.878 bits per heavy atom. The van der Waals surface area contributed by atoms with Crippen LogP contribution in [0.25, 0.3) is 43.8 Å². The summed E-state index contributed by atoms with van der Waals surface area (Å²) in [5, 5.41) is 5.20. The van der Waals surface area contributed by atoms with Gasteiger partial charge in [0, 0.05) is 19.6 Å². The van der Waals surface area contributed by atoms with E-state index in [0.29, 0.717) is 0 Å². The van der Waals surface area contributed by atoms with E-state index in [0.717, 1.165) is 0 Å². The average Bonchev–Trinajstić information content (AvgIpc) is 3.03. The van der Waals surface area contributed by atoms with Crippen molar-refractivity contribution in [3.63, 3.8) is 0 Å². The van der Waals surface area contributed by atoms with Crippen molar-refractivity contribution in [2.75, 3.05) is 0 Å². The maximum absolute atomic E-state index is 2.50. The van der Waals surface area contributed by atoms with E-state index in [2.05, 4.69) is 140 Å². The lowest BCUT2D eigenvalue weighted by Crippen LogP contribution is -2.58. The molecule has 0 radical (unpaired) electrons. The fourth-order valence-corrected chi connectivity index (χ4v) is 9.28. The molecule has 2 aliphatic heterocycles. The van der Waals surface area contributed by atoms with Crippen LogP contribution in [0.15, 0.2) is 159 Å². The van der Waals surface area contributed by atoms with Crippen molar-refractivity contribution < 1.29 is 0 Å². The molecule has 2 heterocycles. The lowest BCUT2D eigenvalue weighted by Gasteiger charge is -2.33. The molecule has 0 bridgehead atoms. The van der Waals surface area contributed by atoms with E-state index in [1.807, 2.05) is 23.5 Å². The first-order valence-electron chi connectivity index (χ1n) is 14.1. The molecule has 0 N–H and O–H groups in total. The Morgan fingerprint density at radius 1 is 0.366 bits per heavy atom. The predicted octanol–water partition coefficient (Wildman–Crippen LogP) is 8.77. The fraction of sp³-hybridized carbons (Fsp3) is 0. The van der Waals surface area contributed by atoms with Crippen molar-refractivity contribution in [2.45, 2.75) is 19.6 Å². The summed E-state index contributed by atoms with van der Waals surface area (Å²) < 4.78 is 0. The van der Waals surface area contributed by atoms with Crippen LogP contribution in [0.5, 0.6) is 0 Å². The topological polar surface area (TPSA) is 0 Å². The van der Waals surface area contributed by atoms with Crippen molar-refractivity contribution in [1.82, 2.24) is 0 Å². The van der Waals surface area contributed by atoms with Gasteiger partial charge in [-0.3, -0.25) is 0 Å². The van der Waals surface area contributed by atoms with Crippen molar-refractivity contribution in [1.29, 1.82) is 0 Å². The monoisotopic (exact) mass is 554 g/mol. The highest BCUT2D eigenvalue weighted by Gasteiger charge is 2.38. The summed E-state index contributed by atoms with van der Waals surface area (Å²) in [4.78, 5) is 5.50. The summed E-state index contributed by atoms with van der Waals surface area (Å²) >= 11 is 3.84. The summed E-state index contributed by atoms with van der Waals surface area (Å²) in [6, 6.07) is 51.7. The third kappa shape index (κ3) is 3.53. The Kier molecular flexibility index (Phi) is 5.26. The molecule has 3 heteroatoms. The summed E-state index contributed by atoms with van der Waals surface area (Å²) in [5.41, 5.74) is 9.49. The number of rotatable bonds is 2. The van der Waals surface area contributed by atoms with Crippen molar-refractivity contribution >= 4 is 68.2 Å². The molecule has 0 nitrogen and oxygen atoms in total. The second-order valence-electron chi connectivity index (χ2n) is 10.8. The van der Waals surface area contributed by atoms with Crippen molar-refractivity contribution in [2.24, 2.45) is 0 Å². The first-order chi connectivity index (χ1) is 20.3. The molecule has 41 heavy (non-hydrogen) atoms. The van der Waals surface area contributed by atoms with E-state index in [1.54, 1.807) is 0 Å². The maximum Gasteiger partial charge on any atom is 0.247 e. The highest BCUT2D eigenvalue weighted by Crippen LogP contribution is 2.44. The van der Waals surface area contributed by atoms with Crippen molar-refractivity contribution in [3.8, 4) is 22.3 Å². The third-order valence-corrected chi connectivity index (χ3v) is 10.9. The van der Waals surface area contributed by atoms with E-state index >= 15 is 0 Å². The van der Waals surface area contributed by atoms with Gasteiger partial charge in [-0.1, -0.05) is 150 Å². The summed E-state index contributed by atoms with van der Waals surface area (Å²) in [6.07, 6.45) is 0. The minimum Gasteiger partial charge on any atom is -0.0911 e. The molecule has 7 aromatic rings. The fourth-order valence-electron chi connectivity index (χ4n) is 6.89. The molecule has 0 aliphatic carbocycles. The first kappa shape index (κ1) is 23.5. The molecule has 2 aliphatic rings. The minimum absolute atomic E-state index is 0.246. The zero-order valence-electron chi connectivity index (χ0n) is 22.2. The summed E-state index contributed by atoms with van der Waals surface area (Å²) in [5.74, 6) is 0. The Bertz CT molecular complexity index is 2100. The highest BCUT2D eigenvalue weighted by atomic mass is 32.2. The van der Waals surface area contributed by atoms with Crippen LogP contribution < -0.4 is 16.4 Å². The van der Waals surface area contributed by atoms with E-state index < -0.39 is 0 Å². The summed E-state index contributed by atoms with van der Waals surface area (Å²) in [7, 11) is 0. The van der Waals surface area contributed by atoms with Crippen molar-refractivity contribution in [3.05, 3.63) is 140 Å². The molecule has 0 atom stereocenters. The van der Waals surface area contributed by atoms with Gasteiger partial charge >= 0.3 is 0 Å². The van der Waals surface area contributed by atoms with Gasteiger partial charge in [0.25, 0.3) is 0 Å². The predicted molar refractivity (Wildman–Crippen MR) is 178 cm³/mol. The van der Waals surface area contributed by atoms with Gasteiger partial charge in [-0.05, 0) is 73.5 Å². The lowest BCUT2D eigenvalue weighted by molar-refractivity contribution is 1.33. The number of benzene rings is 7. The minimum atomic E-state index is 0.246. The molecule has 0 aromatic heterocycles. The standard InChI is InChI=1S/C38H23BS2/c1-2-11-24(12-3-1)36-26-13-4-6-15-28(26)37(29-16-7-5-14-27(29)36)25-21-22-33-31(23-25)39-30-17-8-9-18-32(30)40-34-19-10-20-35(41-33)38(34)39/h1-23H. The van der Waals surface area contributed by atoms with E-state index in [4.69, 9.17) is 0 Å². The van der Waals surface area contributed by atoms with Crippen LogP contribution >= 0.6 is 23.5 Å². The molecule has 9 rings (SSSR count). The molecule has 0 amide bonds. The lowest BCUT2D eigenvalue weighted by atomic mass is 9.36. The Balaban J connectivity index is 1.34. The van der Waals surface area contributed by atoms with Crippen LogP contribution in [0, 0.1) is 0 Å². The van der Waals surface area contributed by atoms with Gasteiger partial charge in [0.05, 0.1) is 0 Å². The second kappa shape index (κ2) is 9.17. The van der Waals surface area contributed by atoms with Gasteiger partial charge in [0.1, 0.15) is 0 Å². The molecule has 190 valence electrons. The van der Waals surface area contributed by atoms with Crippen LogP contribution in [0.3, 0.4) is 0 Å².